The first kappa shape index (κ1) is 10.3. The maximum Gasteiger partial charge on any atom is 0.0238 e. The molecule has 0 spiro atoms. The molecule has 12 heavy (non-hydrogen) atoms. The number of hydrogen-bond acceptors (Lipinski definition) is 1. The summed E-state index contributed by atoms with van der Waals surface area (Å²) < 4.78 is 0. The quantitative estimate of drug-likeness (QED) is 0.656. The summed E-state index contributed by atoms with van der Waals surface area (Å²) in [6, 6.07) is 0.600. The normalized spacial score (nSPS) is 21.5. The smallest absolute Gasteiger partial charge is 0.0238 e. The second kappa shape index (κ2) is 5.82. The van der Waals surface area contributed by atoms with E-state index in [2.05, 4.69) is 12.2 Å². The summed E-state index contributed by atoms with van der Waals surface area (Å²) in [5, 5.41) is 3.54. The van der Waals surface area contributed by atoms with Gasteiger partial charge in [0.1, 0.15) is 0 Å². The summed E-state index contributed by atoms with van der Waals surface area (Å²) in [5.41, 5.74) is 0. The van der Waals surface area contributed by atoms with E-state index in [4.69, 9.17) is 11.6 Å². The van der Waals surface area contributed by atoms with Crippen molar-refractivity contribution in [3.05, 3.63) is 0 Å². The van der Waals surface area contributed by atoms with Crippen LogP contribution in [0, 0.1) is 5.92 Å². The fourth-order valence-electron chi connectivity index (χ4n) is 1.85. The van der Waals surface area contributed by atoms with Crippen LogP contribution in [-0.2, 0) is 0 Å². The Bertz CT molecular complexity index is 110. The zero-order valence-electron chi connectivity index (χ0n) is 7.98. The number of nitrogens with one attached hydrogen (secondary N) is 1. The lowest BCUT2D eigenvalue weighted by Gasteiger charge is -2.15. The molecule has 0 aliphatic heterocycles. The lowest BCUT2D eigenvalue weighted by Crippen LogP contribution is -2.30. The van der Waals surface area contributed by atoms with Crippen LogP contribution < -0.4 is 5.32 Å². The van der Waals surface area contributed by atoms with Gasteiger partial charge in [-0.05, 0) is 38.6 Å². The second-order valence-corrected chi connectivity index (χ2v) is 4.32. The standard InChI is InChI=1S/C10H20ClN/c1-9(6-7-11)12-8-10-4-2-3-5-10/h9-10,12H,2-8H2,1H3. The first-order valence-corrected chi connectivity index (χ1v) is 5.65. The monoisotopic (exact) mass is 189 g/mol. The van der Waals surface area contributed by atoms with Crippen molar-refractivity contribution < 1.29 is 0 Å². The molecule has 1 nitrogen and oxygen atoms in total. The highest BCUT2D eigenvalue weighted by Crippen LogP contribution is 2.23. The lowest BCUT2D eigenvalue weighted by atomic mass is 10.1. The molecule has 2 heteroatoms. The van der Waals surface area contributed by atoms with Crippen LogP contribution in [0.15, 0.2) is 0 Å². The molecule has 1 atom stereocenters. The SMILES string of the molecule is CC(CCCl)NCC1CCCC1. The Hall–Kier alpha value is 0.250. The minimum absolute atomic E-state index is 0.600. The van der Waals surface area contributed by atoms with Gasteiger partial charge in [0.05, 0.1) is 0 Å². The fourth-order valence-corrected chi connectivity index (χ4v) is 2.18. The molecule has 0 saturated heterocycles. The van der Waals surface area contributed by atoms with Crippen molar-refractivity contribution in [2.75, 3.05) is 12.4 Å². The Morgan fingerprint density at radius 3 is 2.67 bits per heavy atom. The predicted octanol–water partition coefficient (Wildman–Crippen LogP) is 2.78. The summed E-state index contributed by atoms with van der Waals surface area (Å²) in [5.74, 6) is 1.72. The molecule has 0 amide bonds. The zero-order valence-corrected chi connectivity index (χ0v) is 8.74. The molecular formula is C10H20ClN. The molecule has 1 N–H and O–H groups in total. The van der Waals surface area contributed by atoms with E-state index >= 15 is 0 Å². The topological polar surface area (TPSA) is 12.0 Å². The number of hydrogen-bond donors (Lipinski definition) is 1. The molecule has 1 aliphatic rings. The van der Waals surface area contributed by atoms with Crippen LogP contribution in [0.1, 0.15) is 39.0 Å². The predicted molar refractivity (Wildman–Crippen MR) is 54.8 cm³/mol. The minimum atomic E-state index is 0.600. The third-order valence-electron chi connectivity index (χ3n) is 2.77. The lowest BCUT2D eigenvalue weighted by molar-refractivity contribution is 0.440. The molecule has 0 heterocycles. The van der Waals surface area contributed by atoms with Gasteiger partial charge in [-0.1, -0.05) is 12.8 Å². The first-order valence-electron chi connectivity index (χ1n) is 5.12. The van der Waals surface area contributed by atoms with E-state index in [0.29, 0.717) is 6.04 Å². The minimum Gasteiger partial charge on any atom is -0.314 e. The molecule has 0 aromatic heterocycles. The van der Waals surface area contributed by atoms with E-state index in [0.717, 1.165) is 18.2 Å². The van der Waals surface area contributed by atoms with Crippen LogP contribution in [0.5, 0.6) is 0 Å². The molecule has 0 bridgehead atoms. The highest BCUT2D eigenvalue weighted by Gasteiger charge is 2.14. The highest BCUT2D eigenvalue weighted by atomic mass is 35.5. The summed E-state index contributed by atoms with van der Waals surface area (Å²) in [6.45, 7) is 3.43. The third-order valence-corrected chi connectivity index (χ3v) is 2.99. The zero-order chi connectivity index (χ0) is 8.81. The van der Waals surface area contributed by atoms with Gasteiger partial charge in [0.25, 0.3) is 0 Å². The number of alkyl halides is 1. The average molecular weight is 190 g/mol. The van der Waals surface area contributed by atoms with Gasteiger partial charge in [-0.2, -0.15) is 0 Å². The summed E-state index contributed by atoms with van der Waals surface area (Å²) in [4.78, 5) is 0. The Morgan fingerprint density at radius 1 is 1.42 bits per heavy atom. The Morgan fingerprint density at radius 2 is 2.08 bits per heavy atom. The van der Waals surface area contributed by atoms with Gasteiger partial charge < -0.3 is 5.32 Å². The van der Waals surface area contributed by atoms with Gasteiger partial charge in [0, 0.05) is 11.9 Å². The van der Waals surface area contributed by atoms with Gasteiger partial charge >= 0.3 is 0 Å². The van der Waals surface area contributed by atoms with E-state index in [1.54, 1.807) is 0 Å². The van der Waals surface area contributed by atoms with Crippen LogP contribution in [-0.4, -0.2) is 18.5 Å². The average Bonchev–Trinajstić information content (AvgIpc) is 2.53. The molecule has 1 saturated carbocycles. The van der Waals surface area contributed by atoms with Crippen molar-refractivity contribution in [3.8, 4) is 0 Å². The van der Waals surface area contributed by atoms with Gasteiger partial charge in [-0.25, -0.2) is 0 Å². The Balaban J connectivity index is 1.99. The van der Waals surface area contributed by atoms with Gasteiger partial charge in [-0.3, -0.25) is 0 Å². The summed E-state index contributed by atoms with van der Waals surface area (Å²) in [6.07, 6.45) is 6.84. The molecule has 72 valence electrons. The number of halogens is 1. The van der Waals surface area contributed by atoms with E-state index in [-0.39, 0.29) is 0 Å². The second-order valence-electron chi connectivity index (χ2n) is 3.94. The molecule has 1 unspecified atom stereocenters. The molecule has 1 aliphatic carbocycles. The van der Waals surface area contributed by atoms with Crippen LogP contribution in [0.2, 0.25) is 0 Å². The molecule has 0 aromatic carbocycles. The van der Waals surface area contributed by atoms with Gasteiger partial charge in [0.15, 0.2) is 0 Å². The first-order chi connectivity index (χ1) is 5.83. The van der Waals surface area contributed by atoms with Crippen molar-refractivity contribution in [3.63, 3.8) is 0 Å². The van der Waals surface area contributed by atoms with Gasteiger partial charge in [0.2, 0.25) is 0 Å². The van der Waals surface area contributed by atoms with Crippen LogP contribution in [0.25, 0.3) is 0 Å². The molecule has 0 aromatic rings. The van der Waals surface area contributed by atoms with Crippen molar-refractivity contribution in [1.29, 1.82) is 0 Å². The third kappa shape index (κ3) is 3.77. The molecule has 1 fully saturated rings. The van der Waals surface area contributed by atoms with Crippen LogP contribution >= 0.6 is 11.6 Å². The molecular weight excluding hydrogens is 170 g/mol. The summed E-state index contributed by atoms with van der Waals surface area (Å²) >= 11 is 5.65. The van der Waals surface area contributed by atoms with Crippen molar-refractivity contribution in [2.24, 2.45) is 5.92 Å². The largest absolute Gasteiger partial charge is 0.314 e. The molecule has 1 rings (SSSR count). The van der Waals surface area contributed by atoms with Crippen LogP contribution in [0.3, 0.4) is 0 Å². The number of rotatable bonds is 5. The van der Waals surface area contributed by atoms with E-state index < -0.39 is 0 Å². The van der Waals surface area contributed by atoms with E-state index in [1.807, 2.05) is 0 Å². The van der Waals surface area contributed by atoms with Crippen molar-refractivity contribution >= 4 is 11.6 Å². The van der Waals surface area contributed by atoms with Crippen molar-refractivity contribution in [1.82, 2.24) is 5.32 Å². The Labute approximate surface area is 80.9 Å². The maximum atomic E-state index is 5.65. The Kier molecular flexibility index (Phi) is 5.01. The fraction of sp³-hybridized carbons (Fsp3) is 1.00. The van der Waals surface area contributed by atoms with E-state index in [1.165, 1.54) is 32.2 Å². The van der Waals surface area contributed by atoms with Crippen molar-refractivity contribution in [2.45, 2.75) is 45.1 Å². The van der Waals surface area contributed by atoms with Gasteiger partial charge in [-0.15, -0.1) is 11.6 Å². The van der Waals surface area contributed by atoms with E-state index in [9.17, 15) is 0 Å². The van der Waals surface area contributed by atoms with Crippen LogP contribution in [0.4, 0.5) is 0 Å². The molecule has 0 radical (unpaired) electrons. The highest BCUT2D eigenvalue weighted by molar-refractivity contribution is 6.17. The summed E-state index contributed by atoms with van der Waals surface area (Å²) in [7, 11) is 0. The maximum absolute atomic E-state index is 5.65.